The zero-order valence-electron chi connectivity index (χ0n) is 8.06. The molecule has 0 saturated heterocycles. The summed E-state index contributed by atoms with van der Waals surface area (Å²) in [5.41, 5.74) is 0.459. The Morgan fingerprint density at radius 3 is 2.75 bits per heavy atom. The van der Waals surface area contributed by atoms with Crippen LogP contribution in [-0.4, -0.2) is 10.9 Å². The predicted molar refractivity (Wildman–Crippen MR) is 58.9 cm³/mol. The molecule has 82 valence electrons. The van der Waals surface area contributed by atoms with Gasteiger partial charge in [-0.3, -0.25) is 4.79 Å². The van der Waals surface area contributed by atoms with E-state index in [1.807, 2.05) is 0 Å². The highest BCUT2D eigenvalue weighted by Gasteiger charge is 2.23. The molecular weight excluding hydrogens is 277 g/mol. The third kappa shape index (κ3) is 2.04. The highest BCUT2D eigenvalue weighted by Crippen LogP contribution is 2.28. The molecule has 0 bridgehead atoms. The molecule has 0 amide bonds. The average molecular weight is 284 g/mol. The van der Waals surface area contributed by atoms with E-state index in [1.165, 1.54) is 18.4 Å². The van der Waals surface area contributed by atoms with Crippen LogP contribution >= 0.6 is 15.9 Å². The Bertz CT molecular complexity index is 498. The molecule has 1 atom stereocenters. The third-order valence-corrected chi connectivity index (χ3v) is 3.01. The standard InChI is InChI=1S/C11H7BrFNO2/c12-10(7-3-1-2-4-8(7)13)11(15)9-5-6-16-14-9/h1-6,10H. The maximum absolute atomic E-state index is 13.4. The van der Waals surface area contributed by atoms with Crippen molar-refractivity contribution >= 4 is 21.7 Å². The number of hydrogen-bond acceptors (Lipinski definition) is 3. The molecule has 1 aromatic carbocycles. The Kier molecular flexibility index (Phi) is 3.14. The fourth-order valence-electron chi connectivity index (χ4n) is 1.29. The van der Waals surface area contributed by atoms with E-state index in [0.29, 0.717) is 0 Å². The molecule has 0 aliphatic rings. The van der Waals surface area contributed by atoms with Crippen molar-refractivity contribution in [2.45, 2.75) is 4.83 Å². The largest absolute Gasteiger partial charge is 0.364 e. The van der Waals surface area contributed by atoms with Crippen LogP contribution in [0.4, 0.5) is 4.39 Å². The summed E-state index contributed by atoms with van der Waals surface area (Å²) in [4.78, 5) is 11.1. The van der Waals surface area contributed by atoms with Crippen molar-refractivity contribution in [2.24, 2.45) is 0 Å². The van der Waals surface area contributed by atoms with Gasteiger partial charge in [-0.05, 0) is 6.07 Å². The van der Waals surface area contributed by atoms with E-state index in [1.54, 1.807) is 18.2 Å². The highest BCUT2D eigenvalue weighted by molar-refractivity contribution is 9.09. The number of nitrogens with zero attached hydrogens (tertiary/aromatic N) is 1. The first-order chi connectivity index (χ1) is 7.70. The Morgan fingerprint density at radius 2 is 2.12 bits per heavy atom. The van der Waals surface area contributed by atoms with Gasteiger partial charge in [-0.15, -0.1) is 0 Å². The van der Waals surface area contributed by atoms with Crippen molar-refractivity contribution in [3.05, 3.63) is 53.7 Å². The van der Waals surface area contributed by atoms with Crippen LogP contribution in [-0.2, 0) is 0 Å². The Morgan fingerprint density at radius 1 is 1.38 bits per heavy atom. The van der Waals surface area contributed by atoms with Crippen molar-refractivity contribution in [3.8, 4) is 0 Å². The zero-order valence-corrected chi connectivity index (χ0v) is 9.65. The van der Waals surface area contributed by atoms with Crippen LogP contribution in [0, 0.1) is 5.82 Å². The summed E-state index contributed by atoms with van der Waals surface area (Å²) in [6.45, 7) is 0. The van der Waals surface area contributed by atoms with Crippen LogP contribution in [0.2, 0.25) is 0 Å². The van der Waals surface area contributed by atoms with Crippen molar-refractivity contribution in [1.82, 2.24) is 5.16 Å². The van der Waals surface area contributed by atoms with Crippen LogP contribution in [0.1, 0.15) is 20.9 Å². The number of hydrogen-bond donors (Lipinski definition) is 0. The smallest absolute Gasteiger partial charge is 0.202 e. The molecular formula is C11H7BrFNO2. The van der Waals surface area contributed by atoms with Crippen LogP contribution in [0.5, 0.6) is 0 Å². The van der Waals surface area contributed by atoms with Gasteiger partial charge < -0.3 is 4.52 Å². The van der Waals surface area contributed by atoms with Gasteiger partial charge >= 0.3 is 0 Å². The molecule has 2 rings (SSSR count). The minimum atomic E-state index is -0.751. The van der Waals surface area contributed by atoms with E-state index in [4.69, 9.17) is 0 Å². The quantitative estimate of drug-likeness (QED) is 0.642. The maximum Gasteiger partial charge on any atom is 0.202 e. The number of carbonyl (C=O) groups excluding carboxylic acids is 1. The second-order valence-corrected chi connectivity index (χ2v) is 4.05. The normalized spacial score (nSPS) is 12.4. The third-order valence-electron chi connectivity index (χ3n) is 2.10. The number of Topliss-reactive ketones (excluding diaryl/α,β-unsaturated/α-hetero) is 1. The van der Waals surface area contributed by atoms with E-state index in [0.717, 1.165) is 0 Å². The van der Waals surface area contributed by atoms with Crippen LogP contribution in [0.15, 0.2) is 41.1 Å². The van der Waals surface area contributed by atoms with E-state index in [9.17, 15) is 9.18 Å². The molecule has 1 unspecified atom stereocenters. The topological polar surface area (TPSA) is 43.1 Å². The number of ketones is 1. The lowest BCUT2D eigenvalue weighted by atomic mass is 10.1. The van der Waals surface area contributed by atoms with E-state index in [2.05, 4.69) is 25.6 Å². The fourth-order valence-corrected chi connectivity index (χ4v) is 1.90. The van der Waals surface area contributed by atoms with Crippen molar-refractivity contribution < 1.29 is 13.7 Å². The lowest BCUT2D eigenvalue weighted by Gasteiger charge is -2.07. The molecule has 2 aromatic rings. The number of halogens is 2. The first-order valence-electron chi connectivity index (χ1n) is 4.53. The van der Waals surface area contributed by atoms with Gasteiger partial charge in [0, 0.05) is 11.6 Å². The molecule has 1 heterocycles. The lowest BCUT2D eigenvalue weighted by Crippen LogP contribution is -2.08. The Hall–Kier alpha value is -1.49. The number of rotatable bonds is 3. The van der Waals surface area contributed by atoms with Crippen molar-refractivity contribution in [3.63, 3.8) is 0 Å². The summed E-state index contributed by atoms with van der Waals surface area (Å²) in [6, 6.07) is 7.53. The molecule has 0 aliphatic carbocycles. The summed E-state index contributed by atoms with van der Waals surface area (Å²) < 4.78 is 18.0. The zero-order chi connectivity index (χ0) is 11.5. The van der Waals surface area contributed by atoms with Crippen molar-refractivity contribution in [2.75, 3.05) is 0 Å². The molecule has 16 heavy (non-hydrogen) atoms. The summed E-state index contributed by atoms with van der Waals surface area (Å²) >= 11 is 3.15. The highest BCUT2D eigenvalue weighted by atomic mass is 79.9. The molecule has 0 aliphatic heterocycles. The second kappa shape index (κ2) is 4.57. The van der Waals surface area contributed by atoms with Crippen molar-refractivity contribution in [1.29, 1.82) is 0 Å². The maximum atomic E-state index is 13.4. The van der Waals surface area contributed by atoms with E-state index >= 15 is 0 Å². The van der Waals surface area contributed by atoms with E-state index < -0.39 is 10.6 Å². The minimum absolute atomic E-state index is 0.171. The van der Waals surface area contributed by atoms with Crippen LogP contribution < -0.4 is 0 Å². The van der Waals surface area contributed by atoms with Gasteiger partial charge in [0.15, 0.2) is 5.69 Å². The van der Waals surface area contributed by atoms with Gasteiger partial charge in [0.25, 0.3) is 0 Å². The van der Waals surface area contributed by atoms with Gasteiger partial charge in [-0.25, -0.2) is 4.39 Å². The Labute approximate surface area is 99.4 Å². The summed E-state index contributed by atoms with van der Waals surface area (Å²) in [7, 11) is 0. The number of benzene rings is 1. The summed E-state index contributed by atoms with van der Waals surface area (Å²) in [6.07, 6.45) is 1.30. The minimum Gasteiger partial charge on any atom is -0.364 e. The predicted octanol–water partition coefficient (Wildman–Crippen LogP) is 3.13. The van der Waals surface area contributed by atoms with Gasteiger partial charge in [0.05, 0.1) is 0 Å². The van der Waals surface area contributed by atoms with Gasteiger partial charge in [-0.2, -0.15) is 0 Å². The second-order valence-electron chi connectivity index (χ2n) is 3.13. The fraction of sp³-hybridized carbons (Fsp3) is 0.0909. The number of alkyl halides is 1. The Balaban J connectivity index is 2.30. The molecule has 3 nitrogen and oxygen atoms in total. The molecule has 1 aromatic heterocycles. The summed E-state index contributed by atoms with van der Waals surface area (Å²) in [5.74, 6) is -0.764. The molecule has 0 N–H and O–H groups in total. The van der Waals surface area contributed by atoms with Gasteiger partial charge in [0.1, 0.15) is 16.9 Å². The molecule has 0 radical (unpaired) electrons. The molecule has 5 heteroatoms. The number of aromatic nitrogens is 1. The van der Waals surface area contributed by atoms with Crippen LogP contribution in [0.25, 0.3) is 0 Å². The first-order valence-corrected chi connectivity index (χ1v) is 5.45. The van der Waals surface area contributed by atoms with Gasteiger partial charge in [0.2, 0.25) is 5.78 Å². The van der Waals surface area contributed by atoms with Gasteiger partial charge in [-0.1, -0.05) is 39.3 Å². The summed E-state index contributed by atoms with van der Waals surface area (Å²) in [5, 5.41) is 3.52. The molecule has 0 spiro atoms. The first kappa shape index (κ1) is 11.0. The lowest BCUT2D eigenvalue weighted by molar-refractivity contribution is 0.0981. The van der Waals surface area contributed by atoms with Crippen LogP contribution in [0.3, 0.4) is 0 Å². The monoisotopic (exact) mass is 283 g/mol. The molecule has 0 fully saturated rings. The molecule has 0 saturated carbocycles. The average Bonchev–Trinajstić information content (AvgIpc) is 2.81. The SMILES string of the molecule is O=C(c1ccon1)C(Br)c1ccccc1F. The van der Waals surface area contributed by atoms with E-state index in [-0.39, 0.29) is 17.0 Å². The number of carbonyl (C=O) groups is 1.